The van der Waals surface area contributed by atoms with Crippen LogP contribution >= 0.6 is 12.4 Å². The molecule has 1 heterocycles. The summed E-state index contributed by atoms with van der Waals surface area (Å²) in [6.07, 6.45) is 1.47. The third-order valence-electron chi connectivity index (χ3n) is 3.56. The highest BCUT2D eigenvalue weighted by atomic mass is 35.5. The van der Waals surface area contributed by atoms with Gasteiger partial charge in [0.25, 0.3) is 0 Å². The van der Waals surface area contributed by atoms with Crippen molar-refractivity contribution in [3.05, 3.63) is 29.3 Å². The van der Waals surface area contributed by atoms with Crippen LogP contribution in [0, 0.1) is 0 Å². The molecule has 122 valence electrons. The molecule has 1 aliphatic heterocycles. The van der Waals surface area contributed by atoms with E-state index < -0.39 is 18.0 Å². The highest BCUT2D eigenvalue weighted by Crippen LogP contribution is 2.31. The quantitative estimate of drug-likeness (QED) is 0.740. The van der Waals surface area contributed by atoms with Gasteiger partial charge < -0.3 is 20.3 Å². The molecule has 0 radical (unpaired) electrons. The Kier molecular flexibility index (Phi) is 6.64. The molecule has 0 unspecified atom stereocenters. The monoisotopic (exact) mass is 329 g/mol. The molecule has 1 fully saturated rings. The third kappa shape index (κ3) is 4.11. The van der Waals surface area contributed by atoms with E-state index in [1.807, 2.05) is 6.92 Å². The molecule has 3 N–H and O–H groups in total. The standard InChI is InChI=1S/C15H19NO5.ClH/c1-2-5-21-11-7-9(6-10(8-11)14(17)18)12-3-4-16-13(12)15(19)20;/h6-8,12-13,16H,2-5H2,1H3,(H,17,18)(H,19,20);1H/t12-,13+;/m1./s1. The fraction of sp³-hybridized carbons (Fsp3) is 0.467. The van der Waals surface area contributed by atoms with Gasteiger partial charge in [0.1, 0.15) is 11.8 Å². The molecule has 0 bridgehead atoms. The van der Waals surface area contributed by atoms with Gasteiger partial charge in [0.2, 0.25) is 0 Å². The van der Waals surface area contributed by atoms with Crippen molar-refractivity contribution in [3.63, 3.8) is 0 Å². The molecule has 0 aliphatic carbocycles. The van der Waals surface area contributed by atoms with Crippen LogP contribution in [0.3, 0.4) is 0 Å². The molecular formula is C15H20ClNO5. The zero-order chi connectivity index (χ0) is 15.4. The zero-order valence-electron chi connectivity index (χ0n) is 12.2. The lowest BCUT2D eigenvalue weighted by Crippen LogP contribution is -2.34. The zero-order valence-corrected chi connectivity index (χ0v) is 13.1. The Labute approximate surface area is 134 Å². The number of carboxylic acids is 2. The van der Waals surface area contributed by atoms with Crippen LogP contribution in [0.15, 0.2) is 18.2 Å². The number of aromatic carboxylic acids is 1. The molecule has 2 atom stereocenters. The van der Waals surface area contributed by atoms with Gasteiger partial charge in [-0.05, 0) is 43.1 Å². The third-order valence-corrected chi connectivity index (χ3v) is 3.56. The van der Waals surface area contributed by atoms with E-state index in [1.165, 1.54) is 12.1 Å². The molecule has 1 aromatic carbocycles. The van der Waals surface area contributed by atoms with E-state index in [2.05, 4.69) is 5.32 Å². The Morgan fingerprint density at radius 1 is 1.32 bits per heavy atom. The minimum absolute atomic E-state index is 0. The number of rotatable bonds is 6. The van der Waals surface area contributed by atoms with Gasteiger partial charge in [-0.2, -0.15) is 0 Å². The summed E-state index contributed by atoms with van der Waals surface area (Å²) in [4.78, 5) is 22.5. The van der Waals surface area contributed by atoms with Crippen molar-refractivity contribution in [1.29, 1.82) is 0 Å². The average molecular weight is 330 g/mol. The molecule has 0 saturated carbocycles. The second-order valence-corrected chi connectivity index (χ2v) is 5.11. The number of nitrogens with one attached hydrogen (secondary N) is 1. The number of halogens is 1. The number of carbonyl (C=O) groups is 2. The maximum atomic E-state index is 11.3. The van der Waals surface area contributed by atoms with Crippen molar-refractivity contribution in [2.24, 2.45) is 0 Å². The van der Waals surface area contributed by atoms with Crippen molar-refractivity contribution in [2.45, 2.75) is 31.7 Å². The van der Waals surface area contributed by atoms with Crippen LogP contribution in [-0.2, 0) is 4.79 Å². The van der Waals surface area contributed by atoms with Crippen molar-refractivity contribution in [1.82, 2.24) is 5.32 Å². The second kappa shape index (κ2) is 8.00. The first-order valence-electron chi connectivity index (χ1n) is 7.00. The first kappa shape index (κ1) is 18.3. The maximum Gasteiger partial charge on any atom is 0.335 e. The predicted molar refractivity (Wildman–Crippen MR) is 83.2 cm³/mol. The summed E-state index contributed by atoms with van der Waals surface area (Å²) in [6.45, 7) is 3.06. The predicted octanol–water partition coefficient (Wildman–Crippen LogP) is 2.13. The minimum Gasteiger partial charge on any atom is -0.494 e. The van der Waals surface area contributed by atoms with Crippen molar-refractivity contribution < 1.29 is 24.5 Å². The van der Waals surface area contributed by atoms with Crippen LogP contribution in [0.2, 0.25) is 0 Å². The SMILES string of the molecule is CCCOc1cc(C(=O)O)cc([C@H]2CCN[C@@H]2C(=O)O)c1.Cl. The molecule has 1 aliphatic rings. The largest absolute Gasteiger partial charge is 0.494 e. The van der Waals surface area contributed by atoms with E-state index in [0.29, 0.717) is 30.9 Å². The van der Waals surface area contributed by atoms with E-state index in [0.717, 1.165) is 6.42 Å². The molecule has 1 saturated heterocycles. The number of benzene rings is 1. The summed E-state index contributed by atoms with van der Waals surface area (Å²) >= 11 is 0. The Morgan fingerprint density at radius 2 is 2.05 bits per heavy atom. The van der Waals surface area contributed by atoms with Gasteiger partial charge in [-0.3, -0.25) is 4.79 Å². The summed E-state index contributed by atoms with van der Waals surface area (Å²) in [5.74, 6) is -1.74. The smallest absolute Gasteiger partial charge is 0.335 e. The summed E-state index contributed by atoms with van der Waals surface area (Å²) in [6, 6.07) is 4.07. The average Bonchev–Trinajstić information content (AvgIpc) is 2.94. The van der Waals surface area contributed by atoms with Crippen LogP contribution in [-0.4, -0.2) is 41.3 Å². The van der Waals surface area contributed by atoms with Gasteiger partial charge in [-0.1, -0.05) is 6.92 Å². The maximum absolute atomic E-state index is 11.3. The number of carboxylic acid groups (broad SMARTS) is 2. The Balaban J connectivity index is 0.00000242. The molecule has 0 spiro atoms. The van der Waals surface area contributed by atoms with Crippen LogP contribution in [0.5, 0.6) is 5.75 Å². The normalized spacial score (nSPS) is 20.2. The van der Waals surface area contributed by atoms with E-state index >= 15 is 0 Å². The fourth-order valence-electron chi connectivity index (χ4n) is 2.58. The molecule has 7 heteroatoms. The number of ether oxygens (including phenoxy) is 1. The highest BCUT2D eigenvalue weighted by Gasteiger charge is 2.34. The molecule has 1 aromatic rings. The first-order chi connectivity index (χ1) is 10.0. The summed E-state index contributed by atoms with van der Waals surface area (Å²) in [7, 11) is 0. The van der Waals surface area contributed by atoms with Crippen molar-refractivity contribution in [2.75, 3.05) is 13.2 Å². The molecule has 2 rings (SSSR count). The lowest BCUT2D eigenvalue weighted by Gasteiger charge is -2.17. The van der Waals surface area contributed by atoms with Gasteiger partial charge in [0, 0.05) is 5.92 Å². The number of aliphatic carboxylic acids is 1. The Morgan fingerprint density at radius 3 is 2.64 bits per heavy atom. The minimum atomic E-state index is -1.05. The molecule has 22 heavy (non-hydrogen) atoms. The highest BCUT2D eigenvalue weighted by molar-refractivity contribution is 5.88. The topological polar surface area (TPSA) is 95.9 Å². The van der Waals surface area contributed by atoms with Crippen LogP contribution in [0.25, 0.3) is 0 Å². The molecule has 0 aromatic heterocycles. The first-order valence-corrected chi connectivity index (χ1v) is 7.00. The summed E-state index contributed by atoms with van der Waals surface area (Å²) in [5.41, 5.74) is 0.813. The summed E-state index contributed by atoms with van der Waals surface area (Å²) < 4.78 is 5.51. The van der Waals surface area contributed by atoms with Gasteiger partial charge in [0.15, 0.2) is 0 Å². The van der Waals surface area contributed by atoms with Gasteiger partial charge >= 0.3 is 11.9 Å². The van der Waals surface area contributed by atoms with Gasteiger partial charge in [-0.25, -0.2) is 4.79 Å². The van der Waals surface area contributed by atoms with E-state index in [1.54, 1.807) is 6.07 Å². The Bertz CT molecular complexity index is 549. The van der Waals surface area contributed by atoms with Crippen LogP contribution < -0.4 is 10.1 Å². The summed E-state index contributed by atoms with van der Waals surface area (Å²) in [5, 5.41) is 21.3. The number of hydrogen-bond donors (Lipinski definition) is 3. The van der Waals surface area contributed by atoms with E-state index in [9.17, 15) is 19.8 Å². The molecule has 0 amide bonds. The van der Waals surface area contributed by atoms with Crippen molar-refractivity contribution >= 4 is 24.3 Å². The molecule has 6 nitrogen and oxygen atoms in total. The van der Waals surface area contributed by atoms with E-state index in [4.69, 9.17) is 4.74 Å². The number of hydrogen-bond acceptors (Lipinski definition) is 4. The van der Waals surface area contributed by atoms with E-state index in [-0.39, 0.29) is 23.9 Å². The molecular weight excluding hydrogens is 310 g/mol. The van der Waals surface area contributed by atoms with Crippen molar-refractivity contribution in [3.8, 4) is 5.75 Å². The lowest BCUT2D eigenvalue weighted by atomic mass is 9.90. The fourth-order valence-corrected chi connectivity index (χ4v) is 2.58. The van der Waals surface area contributed by atoms with Crippen LogP contribution in [0.4, 0.5) is 0 Å². The lowest BCUT2D eigenvalue weighted by molar-refractivity contribution is -0.139. The van der Waals surface area contributed by atoms with Gasteiger partial charge in [0.05, 0.1) is 12.2 Å². The van der Waals surface area contributed by atoms with Gasteiger partial charge in [-0.15, -0.1) is 12.4 Å². The Hall–Kier alpha value is -1.79. The van der Waals surface area contributed by atoms with Crippen LogP contribution in [0.1, 0.15) is 41.6 Å². The second-order valence-electron chi connectivity index (χ2n) is 5.11.